The fourth-order valence-corrected chi connectivity index (χ4v) is 4.79. The molecule has 1 aliphatic heterocycles. The molecule has 4 rings (SSSR count). The van der Waals surface area contributed by atoms with E-state index in [9.17, 15) is 9.90 Å². The Bertz CT molecular complexity index is 1240. The molecule has 2 heterocycles. The number of ether oxygens (including phenoxy) is 3. The van der Waals surface area contributed by atoms with Gasteiger partial charge in [0, 0.05) is 31.4 Å². The van der Waals surface area contributed by atoms with Crippen LogP contribution in [0.25, 0.3) is 11.3 Å². The largest absolute Gasteiger partial charge is 0.507 e. The molecule has 0 saturated heterocycles. The monoisotopic (exact) mass is 493 g/mol. The van der Waals surface area contributed by atoms with Crippen LogP contribution < -0.4 is 9.47 Å². The van der Waals surface area contributed by atoms with Crippen LogP contribution in [0.3, 0.4) is 0 Å². The Balaban J connectivity index is 1.86. The van der Waals surface area contributed by atoms with Crippen LogP contribution in [0.5, 0.6) is 17.2 Å². The zero-order valence-electron chi connectivity index (χ0n) is 21.7. The third kappa shape index (κ3) is 4.78. The Morgan fingerprint density at radius 3 is 2.61 bits per heavy atom. The van der Waals surface area contributed by atoms with Crippen LogP contribution in [-0.4, -0.2) is 59.6 Å². The summed E-state index contributed by atoms with van der Waals surface area (Å²) in [6, 6.07) is 9.25. The summed E-state index contributed by atoms with van der Waals surface area (Å²) in [6.45, 7) is 9.96. The highest BCUT2D eigenvalue weighted by Crippen LogP contribution is 2.46. The van der Waals surface area contributed by atoms with E-state index in [2.05, 4.69) is 17.1 Å². The number of H-pyrrole nitrogens is 1. The van der Waals surface area contributed by atoms with Gasteiger partial charge in [-0.1, -0.05) is 19.1 Å². The van der Waals surface area contributed by atoms with Crippen LogP contribution in [-0.2, 0) is 4.74 Å². The third-order valence-electron chi connectivity index (χ3n) is 6.36. The maximum Gasteiger partial charge on any atom is 0.273 e. The minimum atomic E-state index is -0.405. The highest BCUT2D eigenvalue weighted by atomic mass is 16.5. The lowest BCUT2D eigenvalue weighted by molar-refractivity contribution is 0.0723. The maximum absolute atomic E-state index is 13.6. The smallest absolute Gasteiger partial charge is 0.273 e. The molecule has 0 fully saturated rings. The summed E-state index contributed by atoms with van der Waals surface area (Å²) < 4.78 is 17.1. The molecule has 0 radical (unpaired) electrons. The van der Waals surface area contributed by atoms with Gasteiger partial charge >= 0.3 is 0 Å². The number of phenolic OH excluding ortho intramolecular Hbond substituents is 1. The van der Waals surface area contributed by atoms with E-state index in [1.807, 2.05) is 56.0 Å². The molecule has 36 heavy (non-hydrogen) atoms. The summed E-state index contributed by atoms with van der Waals surface area (Å²) in [6.07, 6.45) is 1.58. The zero-order chi connectivity index (χ0) is 25.8. The number of aromatic amines is 1. The number of carbonyl (C=O) groups excluding carboxylic acids is 1. The second kappa shape index (κ2) is 11.0. The number of rotatable bonds is 11. The van der Waals surface area contributed by atoms with Crippen molar-refractivity contribution >= 4 is 5.91 Å². The van der Waals surface area contributed by atoms with E-state index >= 15 is 0 Å². The van der Waals surface area contributed by atoms with Gasteiger partial charge in [0.2, 0.25) is 0 Å². The summed E-state index contributed by atoms with van der Waals surface area (Å²) in [5.41, 5.74) is 5.03. The molecular weight excluding hydrogens is 458 g/mol. The number of aromatic nitrogens is 2. The molecule has 0 aliphatic carbocycles. The standard InChI is InChI=1S/C28H35N3O5/c1-6-12-36-21-10-9-19(16-22(21)35-7-2)26-23-24(20-15-17(3)14-18(4)27(20)32)29-30-25(23)28(33)31(26)11-8-13-34-5/h9-10,14-16,26,32H,6-8,11-13H2,1-5H3,(H,29,30). The van der Waals surface area contributed by atoms with E-state index in [1.165, 1.54) is 0 Å². The van der Waals surface area contributed by atoms with Crippen LogP contribution >= 0.6 is 0 Å². The van der Waals surface area contributed by atoms with E-state index in [0.717, 1.165) is 28.7 Å². The Hall–Kier alpha value is -3.52. The number of aryl methyl sites for hydroxylation is 2. The summed E-state index contributed by atoms with van der Waals surface area (Å²) in [5, 5.41) is 18.4. The average molecular weight is 494 g/mol. The highest BCUT2D eigenvalue weighted by Gasteiger charge is 2.42. The maximum atomic E-state index is 13.6. The van der Waals surface area contributed by atoms with Gasteiger partial charge in [-0.15, -0.1) is 0 Å². The van der Waals surface area contributed by atoms with Crippen molar-refractivity contribution in [3.63, 3.8) is 0 Å². The molecular formula is C28H35N3O5. The van der Waals surface area contributed by atoms with Crippen molar-refractivity contribution < 1.29 is 24.1 Å². The average Bonchev–Trinajstić information content (AvgIpc) is 3.40. The fourth-order valence-electron chi connectivity index (χ4n) is 4.79. The number of hydrogen-bond acceptors (Lipinski definition) is 6. The first-order chi connectivity index (χ1) is 17.4. The molecule has 3 aromatic rings. The van der Waals surface area contributed by atoms with Gasteiger partial charge in [0.25, 0.3) is 5.91 Å². The molecule has 1 amide bonds. The Morgan fingerprint density at radius 2 is 1.89 bits per heavy atom. The second-order valence-electron chi connectivity index (χ2n) is 9.07. The molecule has 2 N–H and O–H groups in total. The van der Waals surface area contributed by atoms with Gasteiger partial charge in [-0.05, 0) is 68.5 Å². The Kier molecular flexibility index (Phi) is 7.84. The predicted octanol–water partition coefficient (Wildman–Crippen LogP) is 5.17. The van der Waals surface area contributed by atoms with Gasteiger partial charge in [-0.3, -0.25) is 9.89 Å². The van der Waals surface area contributed by atoms with Crippen LogP contribution in [0.4, 0.5) is 0 Å². The highest BCUT2D eigenvalue weighted by molar-refractivity contribution is 6.00. The van der Waals surface area contributed by atoms with Crippen molar-refractivity contribution in [1.82, 2.24) is 15.1 Å². The van der Waals surface area contributed by atoms with Crippen molar-refractivity contribution in [3.8, 4) is 28.5 Å². The van der Waals surface area contributed by atoms with Crippen molar-refractivity contribution in [2.45, 2.75) is 46.6 Å². The molecule has 1 unspecified atom stereocenters. The molecule has 1 aliphatic rings. The fraction of sp³-hybridized carbons (Fsp3) is 0.429. The summed E-state index contributed by atoms with van der Waals surface area (Å²) >= 11 is 0. The van der Waals surface area contributed by atoms with Gasteiger partial charge in [0.15, 0.2) is 11.5 Å². The van der Waals surface area contributed by atoms with Gasteiger partial charge < -0.3 is 24.2 Å². The van der Waals surface area contributed by atoms with Crippen LogP contribution in [0.1, 0.15) is 65.5 Å². The number of methoxy groups -OCH3 is 1. The van der Waals surface area contributed by atoms with Crippen molar-refractivity contribution in [2.75, 3.05) is 33.5 Å². The summed E-state index contributed by atoms with van der Waals surface area (Å²) in [7, 11) is 1.65. The molecule has 1 atom stereocenters. The van der Waals surface area contributed by atoms with Crippen LogP contribution in [0, 0.1) is 13.8 Å². The van der Waals surface area contributed by atoms with E-state index in [4.69, 9.17) is 14.2 Å². The Labute approximate surface area is 212 Å². The lowest BCUT2D eigenvalue weighted by atomic mass is 9.94. The van der Waals surface area contributed by atoms with E-state index < -0.39 is 6.04 Å². The van der Waals surface area contributed by atoms with Gasteiger partial charge in [0.05, 0.1) is 19.3 Å². The minimum absolute atomic E-state index is 0.127. The van der Waals surface area contributed by atoms with E-state index in [-0.39, 0.29) is 11.7 Å². The van der Waals surface area contributed by atoms with Gasteiger partial charge in [-0.25, -0.2) is 0 Å². The van der Waals surface area contributed by atoms with E-state index in [1.54, 1.807) is 7.11 Å². The van der Waals surface area contributed by atoms with Gasteiger partial charge in [0.1, 0.15) is 17.1 Å². The Morgan fingerprint density at radius 1 is 1.08 bits per heavy atom. The minimum Gasteiger partial charge on any atom is -0.507 e. The summed E-state index contributed by atoms with van der Waals surface area (Å²) in [5.74, 6) is 1.35. The first kappa shape index (κ1) is 25.6. The third-order valence-corrected chi connectivity index (χ3v) is 6.36. The molecule has 8 nitrogen and oxygen atoms in total. The van der Waals surface area contributed by atoms with Crippen molar-refractivity contribution in [2.24, 2.45) is 0 Å². The molecule has 8 heteroatoms. The molecule has 0 spiro atoms. The predicted molar refractivity (Wildman–Crippen MR) is 138 cm³/mol. The normalized spacial score (nSPS) is 14.9. The number of aromatic hydroxyl groups is 1. The number of nitrogens with one attached hydrogen (secondary N) is 1. The molecule has 0 bridgehead atoms. The number of fused-ring (bicyclic) bond motifs is 1. The van der Waals surface area contributed by atoms with Crippen molar-refractivity contribution in [3.05, 3.63) is 58.3 Å². The first-order valence-corrected chi connectivity index (χ1v) is 12.5. The van der Waals surface area contributed by atoms with Crippen molar-refractivity contribution in [1.29, 1.82) is 0 Å². The topological polar surface area (TPSA) is 96.9 Å². The lowest BCUT2D eigenvalue weighted by Gasteiger charge is -2.27. The van der Waals surface area contributed by atoms with Gasteiger partial charge in [-0.2, -0.15) is 5.10 Å². The molecule has 2 aromatic carbocycles. The number of carbonyl (C=O) groups is 1. The SMILES string of the molecule is CCCOc1ccc(C2c3c(-c4cc(C)cc(C)c4O)n[nH]c3C(=O)N2CCCOC)cc1OCC. The number of benzene rings is 2. The van der Waals surface area contributed by atoms with Crippen LogP contribution in [0.15, 0.2) is 30.3 Å². The zero-order valence-corrected chi connectivity index (χ0v) is 21.7. The number of nitrogens with zero attached hydrogens (tertiary/aromatic N) is 2. The van der Waals surface area contributed by atoms with E-state index in [0.29, 0.717) is 61.2 Å². The molecule has 0 saturated carbocycles. The second-order valence-corrected chi connectivity index (χ2v) is 9.07. The molecule has 1 aromatic heterocycles. The van der Waals surface area contributed by atoms with Crippen LogP contribution in [0.2, 0.25) is 0 Å². The quantitative estimate of drug-likeness (QED) is 0.358. The number of amides is 1. The number of hydrogen-bond donors (Lipinski definition) is 2. The lowest BCUT2D eigenvalue weighted by Crippen LogP contribution is -2.31. The summed E-state index contributed by atoms with van der Waals surface area (Å²) in [4.78, 5) is 15.4. The number of phenols is 1. The molecule has 192 valence electrons. The first-order valence-electron chi connectivity index (χ1n) is 12.5.